The summed E-state index contributed by atoms with van der Waals surface area (Å²) in [6.07, 6.45) is 14.0. The molecule has 2 aromatic carbocycles. The lowest BCUT2D eigenvalue weighted by molar-refractivity contribution is -0.118. The van der Waals surface area contributed by atoms with E-state index in [1.54, 1.807) is 6.08 Å². The van der Waals surface area contributed by atoms with Crippen LogP contribution in [0.2, 0.25) is 0 Å². The Kier molecular flexibility index (Phi) is 17.8. The van der Waals surface area contributed by atoms with E-state index in [2.05, 4.69) is 68.8 Å². The SMILES string of the molecule is C=C/C=C(\NC)Nc1cc(NCCN2CCCCC2)nc(Sc2ccc(NC(=O)C3CC3)cc2)n1.Cc1cc(Nc2cc(NCCN3CCCC3)nc(Sc3ccc(NC(=O)C4CC4)cc3)n2)n[nH]1. The minimum absolute atomic E-state index is 0.112. The number of H-pyrrole nitrogens is 1. The highest BCUT2D eigenvalue weighted by molar-refractivity contribution is 7.99. The van der Waals surface area contributed by atoms with Gasteiger partial charge in [-0.3, -0.25) is 14.7 Å². The zero-order valence-corrected chi connectivity index (χ0v) is 41.3. The molecule has 5 aromatic rings. The van der Waals surface area contributed by atoms with E-state index in [9.17, 15) is 9.59 Å². The molecule has 19 heteroatoms. The highest BCUT2D eigenvalue weighted by Crippen LogP contribution is 2.33. The lowest BCUT2D eigenvalue weighted by atomic mass is 10.1. The second kappa shape index (κ2) is 24.9. The molecule has 2 saturated carbocycles. The van der Waals surface area contributed by atoms with Crippen molar-refractivity contribution in [2.75, 3.05) is 91.3 Å². The third-order valence-electron chi connectivity index (χ3n) is 11.9. The number of likely N-dealkylation sites (tertiary alicyclic amines) is 2. The van der Waals surface area contributed by atoms with E-state index in [0.29, 0.717) is 27.8 Å². The standard InChI is InChI=1S/C26H35N7OS.C24H30N8OS/c1-3-7-22(27-2)30-24-18-23(28-14-17-33-15-5-4-6-16-33)31-26(32-24)35-21-12-10-20(11-13-21)29-25(34)19-8-9-19;1-16-14-22(31-30-16)27-21-15-20(25-10-13-32-11-2-3-12-32)28-24(29-21)34-19-8-6-18(7-9-19)26-23(33)17-4-5-17/h3,7,10-13,18-19,27H,1,4-6,8-9,14-17H2,2H3,(H,29,34)(H2,28,30,31,32);6-9,14-15,17H,2-5,10-13H2,1H3,(H,26,33)(H3,25,27,28,29,30,31)/b22-7+;. The fourth-order valence-electron chi connectivity index (χ4n) is 7.78. The van der Waals surface area contributed by atoms with Crippen molar-refractivity contribution in [1.29, 1.82) is 0 Å². The van der Waals surface area contributed by atoms with Crippen molar-refractivity contribution in [3.8, 4) is 0 Å². The molecule has 2 amide bonds. The maximum absolute atomic E-state index is 12.0. The monoisotopic (exact) mass is 971 g/mol. The number of piperidine rings is 1. The van der Waals surface area contributed by atoms with Gasteiger partial charge in [-0.2, -0.15) is 5.10 Å². The van der Waals surface area contributed by atoms with Crippen LogP contribution in [0.15, 0.2) is 111 Å². The summed E-state index contributed by atoms with van der Waals surface area (Å²) in [5.74, 6) is 5.04. The summed E-state index contributed by atoms with van der Waals surface area (Å²) in [5.41, 5.74) is 2.61. The number of nitrogens with zero attached hydrogens (tertiary/aromatic N) is 7. The first-order valence-electron chi connectivity index (χ1n) is 24.2. The molecular formula is C50H65N15O2S2. The number of anilines is 7. The smallest absolute Gasteiger partial charge is 0.227 e. The van der Waals surface area contributed by atoms with Crippen molar-refractivity contribution in [3.63, 3.8) is 0 Å². The van der Waals surface area contributed by atoms with Crippen molar-refractivity contribution in [2.24, 2.45) is 11.8 Å². The molecule has 8 N–H and O–H groups in total. The molecule has 9 rings (SSSR count). The molecule has 4 aliphatic rings. The fraction of sp³-hybridized carbons (Fsp3) is 0.420. The van der Waals surface area contributed by atoms with Gasteiger partial charge in [0.25, 0.3) is 0 Å². The summed E-state index contributed by atoms with van der Waals surface area (Å²) in [6.45, 7) is 14.1. The van der Waals surface area contributed by atoms with E-state index >= 15 is 0 Å². The molecule has 2 aliphatic carbocycles. The van der Waals surface area contributed by atoms with Crippen LogP contribution < -0.4 is 37.2 Å². The highest BCUT2D eigenvalue weighted by atomic mass is 32.2. The first-order chi connectivity index (χ1) is 33.7. The molecule has 2 aliphatic heterocycles. The van der Waals surface area contributed by atoms with E-state index in [4.69, 9.17) is 15.0 Å². The Morgan fingerprint density at radius 1 is 0.652 bits per heavy atom. The quantitative estimate of drug-likeness (QED) is 0.0241. The fourth-order valence-corrected chi connectivity index (χ4v) is 9.33. The van der Waals surface area contributed by atoms with Gasteiger partial charge in [0, 0.05) is 90.1 Å². The van der Waals surface area contributed by atoms with E-state index in [0.717, 1.165) is 96.2 Å². The number of aromatic amines is 1. The van der Waals surface area contributed by atoms with E-state index in [1.165, 1.54) is 81.8 Å². The Labute approximate surface area is 413 Å². The number of hydrogen-bond donors (Lipinski definition) is 8. The molecular weight excluding hydrogens is 907 g/mol. The molecule has 0 atom stereocenters. The van der Waals surface area contributed by atoms with Gasteiger partial charge in [0.2, 0.25) is 11.8 Å². The van der Waals surface area contributed by atoms with Gasteiger partial charge in [0.1, 0.15) is 29.1 Å². The average Bonchev–Trinajstić information content (AvgIpc) is 4.29. The highest BCUT2D eigenvalue weighted by Gasteiger charge is 2.30. The predicted molar refractivity (Wildman–Crippen MR) is 278 cm³/mol. The number of rotatable bonds is 22. The van der Waals surface area contributed by atoms with Crippen LogP contribution in [-0.4, -0.2) is 111 Å². The number of nitrogens with one attached hydrogen (secondary N) is 8. The third kappa shape index (κ3) is 16.2. The lowest BCUT2D eigenvalue weighted by Crippen LogP contribution is -2.33. The van der Waals surface area contributed by atoms with Gasteiger partial charge in [-0.1, -0.05) is 19.1 Å². The maximum Gasteiger partial charge on any atom is 0.227 e. The van der Waals surface area contributed by atoms with Crippen LogP contribution in [0.25, 0.3) is 0 Å². The largest absolute Gasteiger partial charge is 0.375 e. The van der Waals surface area contributed by atoms with Crippen LogP contribution in [0.4, 0.5) is 40.5 Å². The predicted octanol–water partition coefficient (Wildman–Crippen LogP) is 8.79. The molecule has 0 spiro atoms. The molecule has 69 heavy (non-hydrogen) atoms. The van der Waals surface area contributed by atoms with Crippen LogP contribution in [-0.2, 0) is 9.59 Å². The summed E-state index contributed by atoms with van der Waals surface area (Å²) in [5, 5.41) is 31.0. The van der Waals surface area contributed by atoms with E-state index < -0.39 is 0 Å². The molecule has 0 bridgehead atoms. The maximum atomic E-state index is 12.0. The zero-order chi connectivity index (χ0) is 47.8. The second-order valence-electron chi connectivity index (χ2n) is 17.7. The van der Waals surface area contributed by atoms with E-state index in [-0.39, 0.29) is 23.7 Å². The molecule has 3 aromatic heterocycles. The average molecular weight is 972 g/mol. The molecule has 4 fully saturated rings. The van der Waals surface area contributed by atoms with Crippen LogP contribution in [0.5, 0.6) is 0 Å². The van der Waals surface area contributed by atoms with Gasteiger partial charge in [-0.05, 0) is 163 Å². The second-order valence-corrected chi connectivity index (χ2v) is 19.8. The molecule has 2 saturated heterocycles. The Morgan fingerprint density at radius 2 is 1.13 bits per heavy atom. The lowest BCUT2D eigenvalue weighted by Gasteiger charge is -2.26. The van der Waals surface area contributed by atoms with Crippen molar-refractivity contribution >= 4 is 75.8 Å². The number of aromatic nitrogens is 6. The number of amides is 2. The van der Waals surface area contributed by atoms with Crippen LogP contribution in [0, 0.1) is 18.8 Å². The van der Waals surface area contributed by atoms with Gasteiger partial charge >= 0.3 is 0 Å². The van der Waals surface area contributed by atoms with Crippen molar-refractivity contribution in [2.45, 2.75) is 84.8 Å². The third-order valence-corrected chi connectivity index (χ3v) is 13.6. The number of benzene rings is 2. The normalized spacial score (nSPS) is 16.2. The topological polar surface area (TPSA) is 205 Å². The number of aryl methyl sites for hydroxylation is 1. The Morgan fingerprint density at radius 3 is 1.59 bits per heavy atom. The zero-order valence-electron chi connectivity index (χ0n) is 39.7. The summed E-state index contributed by atoms with van der Waals surface area (Å²) < 4.78 is 0. The first-order valence-corrected chi connectivity index (χ1v) is 25.8. The van der Waals surface area contributed by atoms with Gasteiger partial charge in [0.15, 0.2) is 16.1 Å². The number of carbonyl (C=O) groups excluding carboxylic acids is 2. The molecule has 0 radical (unpaired) electrons. The van der Waals surface area contributed by atoms with Crippen LogP contribution in [0.1, 0.15) is 63.5 Å². The van der Waals surface area contributed by atoms with Gasteiger partial charge in [-0.25, -0.2) is 19.9 Å². The Hall–Kier alpha value is -6.15. The molecule has 17 nitrogen and oxygen atoms in total. The summed E-state index contributed by atoms with van der Waals surface area (Å²) in [4.78, 5) is 49.8. The van der Waals surface area contributed by atoms with Gasteiger partial charge < -0.3 is 47.0 Å². The van der Waals surface area contributed by atoms with Crippen LogP contribution >= 0.6 is 23.5 Å². The Bertz CT molecular complexity index is 2500. The molecule has 364 valence electrons. The van der Waals surface area contributed by atoms with Crippen LogP contribution in [0.3, 0.4) is 0 Å². The van der Waals surface area contributed by atoms with E-state index in [1.807, 2.05) is 86.8 Å². The van der Waals surface area contributed by atoms with Gasteiger partial charge in [0.05, 0.1) is 0 Å². The first kappa shape index (κ1) is 49.3. The van der Waals surface area contributed by atoms with Crippen molar-refractivity contribution in [3.05, 3.63) is 97.0 Å². The molecule has 0 unspecified atom stereocenters. The summed E-state index contributed by atoms with van der Waals surface area (Å²) in [6, 6.07) is 21.4. The number of allylic oxidation sites excluding steroid dienone is 2. The molecule has 5 heterocycles. The van der Waals surface area contributed by atoms with Gasteiger partial charge in [-0.15, -0.1) is 0 Å². The minimum Gasteiger partial charge on any atom is -0.375 e. The van der Waals surface area contributed by atoms with Crippen molar-refractivity contribution < 1.29 is 9.59 Å². The minimum atomic E-state index is 0.112. The number of hydrogen-bond acceptors (Lipinski definition) is 16. The van der Waals surface area contributed by atoms with Crippen molar-refractivity contribution in [1.82, 2.24) is 45.2 Å². The number of carbonyl (C=O) groups is 2. The summed E-state index contributed by atoms with van der Waals surface area (Å²) in [7, 11) is 1.85. The Balaban J connectivity index is 0.000000186. The summed E-state index contributed by atoms with van der Waals surface area (Å²) >= 11 is 2.97.